The smallest absolute Gasteiger partial charge is 0.352 e. The lowest BCUT2D eigenvalue weighted by molar-refractivity contribution is -0.129. The number of hydrogen-bond acceptors (Lipinski definition) is 3. The number of carbonyl (C=O) groups excluding carboxylic acids is 1. The van der Waals surface area contributed by atoms with Crippen molar-refractivity contribution < 1.29 is 19.4 Å². The third kappa shape index (κ3) is 5.10. The number of para-hydroxylation sites is 1. The molecule has 0 spiro atoms. The van der Waals surface area contributed by atoms with Gasteiger partial charge in [-0.25, -0.2) is 4.79 Å². The van der Waals surface area contributed by atoms with Gasteiger partial charge in [-0.2, -0.15) is 0 Å². The summed E-state index contributed by atoms with van der Waals surface area (Å²) in [6.07, 6.45) is 1.13. The molecular weight excluding hydrogens is 488 g/mol. The monoisotopic (exact) mass is 520 g/mol. The maximum Gasteiger partial charge on any atom is 0.352 e. The van der Waals surface area contributed by atoms with E-state index in [2.05, 4.69) is 12.1 Å². The van der Waals surface area contributed by atoms with Crippen molar-refractivity contribution in [2.45, 2.75) is 26.3 Å². The molecule has 0 saturated heterocycles. The topological polar surface area (TPSA) is 71.8 Å². The Balaban J connectivity index is 1.54. The molecule has 5 rings (SSSR count). The van der Waals surface area contributed by atoms with Crippen LogP contribution in [0.5, 0.6) is 5.75 Å². The highest BCUT2D eigenvalue weighted by atomic mass is 16.5. The third-order valence-corrected chi connectivity index (χ3v) is 7.20. The van der Waals surface area contributed by atoms with Crippen molar-refractivity contribution in [3.8, 4) is 16.9 Å². The first-order valence-corrected chi connectivity index (χ1v) is 13.1. The van der Waals surface area contributed by atoms with Crippen molar-refractivity contribution in [1.29, 1.82) is 0 Å². The van der Waals surface area contributed by atoms with Gasteiger partial charge in [0, 0.05) is 30.4 Å². The van der Waals surface area contributed by atoms with Crippen LogP contribution in [0.15, 0.2) is 84.9 Å². The molecule has 198 valence electrons. The molecule has 0 aliphatic carbocycles. The second kappa shape index (κ2) is 11.0. The van der Waals surface area contributed by atoms with Crippen molar-refractivity contribution in [3.63, 3.8) is 0 Å². The minimum Gasteiger partial charge on any atom is -0.493 e. The van der Waals surface area contributed by atoms with Crippen molar-refractivity contribution in [3.05, 3.63) is 102 Å². The maximum absolute atomic E-state index is 12.9. The number of benzene rings is 4. The first-order valence-electron chi connectivity index (χ1n) is 13.1. The van der Waals surface area contributed by atoms with Gasteiger partial charge in [-0.15, -0.1) is 0 Å². The number of amides is 1. The predicted molar refractivity (Wildman–Crippen MR) is 156 cm³/mol. The van der Waals surface area contributed by atoms with E-state index in [0.29, 0.717) is 19.4 Å². The number of fused-ring (bicyclic) bond motifs is 2. The van der Waals surface area contributed by atoms with Crippen LogP contribution < -0.4 is 4.74 Å². The molecular formula is C33H32N2O4. The molecule has 39 heavy (non-hydrogen) atoms. The highest BCUT2D eigenvalue weighted by Crippen LogP contribution is 2.36. The van der Waals surface area contributed by atoms with E-state index >= 15 is 0 Å². The third-order valence-electron chi connectivity index (χ3n) is 7.20. The Morgan fingerprint density at radius 3 is 2.28 bits per heavy atom. The van der Waals surface area contributed by atoms with Gasteiger partial charge in [-0.3, -0.25) is 4.79 Å². The predicted octanol–water partition coefficient (Wildman–Crippen LogP) is 6.57. The fourth-order valence-corrected chi connectivity index (χ4v) is 5.26. The van der Waals surface area contributed by atoms with Gasteiger partial charge in [-0.05, 0) is 47.9 Å². The normalized spacial score (nSPS) is 11.2. The molecule has 6 nitrogen and oxygen atoms in total. The standard InChI is InChI=1S/C33H32N2O4/c1-22-11-4-6-14-24(22)26-16-9-17-27-28(32(33(37)38)35(31(26)27)21-30(36)34(2)3)18-10-20-39-29-19-8-13-23-12-5-7-15-25(23)29/h4-9,11-17,19H,10,18,20-21H2,1-3H3,(H,37,38). The van der Waals surface area contributed by atoms with Crippen LogP contribution in [0, 0.1) is 6.92 Å². The Bertz CT molecular complexity index is 1680. The van der Waals surface area contributed by atoms with Crippen LogP contribution in [-0.2, 0) is 17.8 Å². The zero-order valence-electron chi connectivity index (χ0n) is 22.5. The molecule has 5 aromatic rings. The lowest BCUT2D eigenvalue weighted by Crippen LogP contribution is -2.27. The molecule has 0 atom stereocenters. The minimum atomic E-state index is -1.04. The highest BCUT2D eigenvalue weighted by molar-refractivity contribution is 6.05. The van der Waals surface area contributed by atoms with Gasteiger partial charge in [0.25, 0.3) is 0 Å². The molecule has 0 aliphatic rings. The molecule has 0 bridgehead atoms. The molecule has 0 aliphatic heterocycles. The average molecular weight is 521 g/mol. The van der Waals surface area contributed by atoms with Gasteiger partial charge >= 0.3 is 5.97 Å². The van der Waals surface area contributed by atoms with Crippen LogP contribution in [0.2, 0.25) is 0 Å². The van der Waals surface area contributed by atoms with Crippen LogP contribution in [0.25, 0.3) is 32.8 Å². The second-order valence-electron chi connectivity index (χ2n) is 9.95. The number of likely N-dealkylation sites (N-methyl/N-ethyl adjacent to an activating group) is 1. The summed E-state index contributed by atoms with van der Waals surface area (Å²) in [7, 11) is 3.37. The zero-order valence-corrected chi connectivity index (χ0v) is 22.5. The first kappa shape index (κ1) is 26.0. The lowest BCUT2D eigenvalue weighted by Gasteiger charge is -2.16. The largest absolute Gasteiger partial charge is 0.493 e. The zero-order chi connectivity index (χ0) is 27.5. The number of aromatic nitrogens is 1. The molecule has 1 N–H and O–H groups in total. The van der Waals surface area contributed by atoms with E-state index in [1.165, 1.54) is 4.90 Å². The Morgan fingerprint density at radius 2 is 1.51 bits per heavy atom. The van der Waals surface area contributed by atoms with Crippen molar-refractivity contribution in [2.24, 2.45) is 0 Å². The van der Waals surface area contributed by atoms with Crippen LogP contribution in [0.1, 0.15) is 28.0 Å². The van der Waals surface area contributed by atoms with Gasteiger partial charge in [0.1, 0.15) is 18.0 Å². The molecule has 0 saturated carbocycles. The van der Waals surface area contributed by atoms with E-state index in [-0.39, 0.29) is 18.1 Å². The molecule has 0 fully saturated rings. The summed E-state index contributed by atoms with van der Waals surface area (Å²) in [4.78, 5) is 27.1. The summed E-state index contributed by atoms with van der Waals surface area (Å²) in [5.41, 5.74) is 4.66. The number of ether oxygens (including phenoxy) is 1. The average Bonchev–Trinajstić information content (AvgIpc) is 3.25. The van der Waals surface area contributed by atoms with Crippen LogP contribution in [-0.4, -0.2) is 47.2 Å². The molecule has 0 radical (unpaired) electrons. The molecule has 1 amide bonds. The number of carboxylic acids is 1. The van der Waals surface area contributed by atoms with Crippen molar-refractivity contribution >= 4 is 33.6 Å². The van der Waals surface area contributed by atoms with Crippen LogP contribution in [0.4, 0.5) is 0 Å². The molecule has 1 aromatic heterocycles. The quantitative estimate of drug-likeness (QED) is 0.223. The van der Waals surface area contributed by atoms with E-state index in [1.54, 1.807) is 18.7 Å². The molecule has 4 aromatic carbocycles. The number of aromatic carboxylic acids is 1. The van der Waals surface area contributed by atoms with E-state index < -0.39 is 5.97 Å². The lowest BCUT2D eigenvalue weighted by atomic mass is 9.97. The summed E-state index contributed by atoms with van der Waals surface area (Å²) in [6, 6.07) is 28.0. The fraction of sp³-hybridized carbons (Fsp3) is 0.212. The van der Waals surface area contributed by atoms with Crippen molar-refractivity contribution in [1.82, 2.24) is 9.47 Å². The Labute approximate surface area is 228 Å². The second-order valence-corrected chi connectivity index (χ2v) is 9.95. The SMILES string of the molecule is Cc1ccccc1-c1cccc2c(CCCOc3cccc4ccccc34)c(C(=O)O)n(CC(=O)N(C)C)c12. The molecule has 0 unspecified atom stereocenters. The maximum atomic E-state index is 12.9. The summed E-state index contributed by atoms with van der Waals surface area (Å²) < 4.78 is 7.83. The van der Waals surface area contributed by atoms with E-state index in [9.17, 15) is 14.7 Å². The first-order chi connectivity index (χ1) is 18.9. The summed E-state index contributed by atoms with van der Waals surface area (Å²) in [5, 5.41) is 13.4. The number of carboxylic acid groups (broad SMARTS) is 1. The number of rotatable bonds is 9. The molecule has 6 heteroatoms. The van der Waals surface area contributed by atoms with Crippen LogP contribution in [0.3, 0.4) is 0 Å². The number of aryl methyl sites for hydroxylation is 2. The van der Waals surface area contributed by atoms with E-state index in [1.807, 2.05) is 79.7 Å². The number of nitrogens with zero attached hydrogens (tertiary/aromatic N) is 2. The Kier molecular flexibility index (Phi) is 7.37. The summed E-state index contributed by atoms with van der Waals surface area (Å²) in [6.45, 7) is 2.42. The minimum absolute atomic E-state index is 0.0550. The van der Waals surface area contributed by atoms with Gasteiger partial charge < -0.3 is 19.3 Å². The van der Waals surface area contributed by atoms with E-state index in [4.69, 9.17) is 4.74 Å². The molecule has 1 heterocycles. The van der Waals surface area contributed by atoms with Gasteiger partial charge in [0.05, 0.1) is 12.1 Å². The Hall–Kier alpha value is -4.58. The Morgan fingerprint density at radius 1 is 0.846 bits per heavy atom. The highest BCUT2D eigenvalue weighted by Gasteiger charge is 2.26. The summed E-state index contributed by atoms with van der Waals surface area (Å²) in [5.74, 6) is -0.398. The van der Waals surface area contributed by atoms with Gasteiger partial charge in [0.15, 0.2) is 0 Å². The number of hydrogen-bond donors (Lipinski definition) is 1. The number of carbonyl (C=O) groups is 2. The van der Waals surface area contributed by atoms with Gasteiger partial charge in [0.2, 0.25) is 5.91 Å². The van der Waals surface area contributed by atoms with E-state index in [0.717, 1.165) is 49.7 Å². The fourth-order valence-electron chi connectivity index (χ4n) is 5.26. The van der Waals surface area contributed by atoms with Gasteiger partial charge in [-0.1, -0.05) is 78.9 Å². The summed E-state index contributed by atoms with van der Waals surface area (Å²) >= 11 is 0. The van der Waals surface area contributed by atoms with Crippen molar-refractivity contribution in [2.75, 3.05) is 20.7 Å². The van der Waals surface area contributed by atoms with Crippen LogP contribution >= 0.6 is 0 Å².